The molecule has 2 aromatic carbocycles. The monoisotopic (exact) mass is 1130 g/mol. The van der Waals surface area contributed by atoms with Crippen LogP contribution in [-0.2, 0) is 60.1 Å². The number of benzene rings is 2. The number of carbonyl (C=O) groups excluding carboxylic acids is 8. The van der Waals surface area contributed by atoms with Crippen molar-refractivity contribution >= 4 is 63.2 Å². The fourth-order valence-corrected chi connectivity index (χ4v) is 11.1. The third-order valence-electron chi connectivity index (χ3n) is 15.6. The van der Waals surface area contributed by atoms with Crippen LogP contribution in [0.5, 0.6) is 0 Å². The summed E-state index contributed by atoms with van der Waals surface area (Å²) in [5.74, 6) is -2.97. The summed E-state index contributed by atoms with van der Waals surface area (Å²) < 4.78 is 37.6. The minimum atomic E-state index is -3.11. The summed E-state index contributed by atoms with van der Waals surface area (Å²) in [6, 6.07) is 15.0. The number of ether oxygens (including phenoxy) is 2. The number of Topliss-reactive ketones (excluding diaryl/α,β-unsaturated/α-hetero) is 3. The number of amides is 5. The molecule has 0 spiro atoms. The second-order valence-electron chi connectivity index (χ2n) is 22.2. The average molecular weight is 1130 g/mol. The Labute approximate surface area is 475 Å². The minimum absolute atomic E-state index is 0.0132. The molecule has 0 saturated carbocycles. The topological polar surface area (TPSA) is 244 Å². The third kappa shape index (κ3) is 20.2. The maximum absolute atomic E-state index is 14.5. The Bertz CT molecular complexity index is 2560. The number of ketones is 3. The molecule has 5 amide bonds. The van der Waals surface area contributed by atoms with Crippen LogP contribution < -0.4 is 5.43 Å². The fourth-order valence-electron chi connectivity index (χ4n) is 11.1. The Morgan fingerprint density at radius 3 is 1.91 bits per heavy atom. The third-order valence-corrected chi connectivity index (χ3v) is 15.6. The van der Waals surface area contributed by atoms with Crippen LogP contribution in [-0.4, -0.2) is 164 Å². The van der Waals surface area contributed by atoms with E-state index in [2.05, 4.69) is 24.4 Å². The van der Waals surface area contributed by atoms with Gasteiger partial charge in [-0.3, -0.25) is 48.2 Å². The Balaban J connectivity index is 0.00000406. The predicted molar refractivity (Wildman–Crippen MR) is 305 cm³/mol. The van der Waals surface area contributed by atoms with Gasteiger partial charge < -0.3 is 19.3 Å². The molecule has 2 aliphatic heterocycles. The van der Waals surface area contributed by atoms with E-state index in [9.17, 15) is 38.4 Å². The van der Waals surface area contributed by atoms with E-state index in [1.165, 1.54) is 17.1 Å². The molecule has 0 unspecified atom stereocenters. The van der Waals surface area contributed by atoms with Crippen LogP contribution in [0, 0.1) is 35.5 Å². The summed E-state index contributed by atoms with van der Waals surface area (Å²) in [6.07, 6.45) is 6.16. The van der Waals surface area contributed by atoms with E-state index in [4.69, 9.17) is 22.1 Å². The molecule has 2 aromatic rings. The van der Waals surface area contributed by atoms with Crippen molar-refractivity contribution < 1.29 is 60.5 Å². The second-order valence-corrected chi connectivity index (χ2v) is 22.6. The maximum atomic E-state index is 14.5. The molecule has 4 rings (SSSR count). The summed E-state index contributed by atoms with van der Waals surface area (Å²) in [6.45, 7) is 16.6. The summed E-state index contributed by atoms with van der Waals surface area (Å²) in [5.41, 5.74) is 5.06. The van der Waals surface area contributed by atoms with Gasteiger partial charge in [0.15, 0.2) is 5.78 Å². The smallest absolute Gasteiger partial charge is 0.379 e. The normalized spacial score (nSPS) is 17.6. The Hall–Kier alpha value is -6.09. The zero-order valence-electron chi connectivity index (χ0n) is 49.3. The number of nitrogens with one attached hydrogen (secondary N) is 1. The minimum Gasteiger partial charge on any atom is -0.379 e. The first kappa shape index (κ1) is 68.2. The van der Waals surface area contributed by atoms with Gasteiger partial charge in [0.05, 0.1) is 42.5 Å². The molecule has 0 aromatic heterocycles. The van der Waals surface area contributed by atoms with Crippen molar-refractivity contribution in [1.82, 2.24) is 25.0 Å². The van der Waals surface area contributed by atoms with Crippen LogP contribution in [0.1, 0.15) is 141 Å². The zero-order valence-corrected chi connectivity index (χ0v) is 50.2. The summed E-state index contributed by atoms with van der Waals surface area (Å²) in [5, 5.41) is 4.58. The van der Waals surface area contributed by atoms with Crippen molar-refractivity contribution in [1.29, 1.82) is 0 Å². The lowest BCUT2D eigenvalue weighted by atomic mass is 9.83. The molecular formula is C60H88N6O13S. The number of methoxy groups -OCH3 is 2. The van der Waals surface area contributed by atoms with Gasteiger partial charge in [-0.1, -0.05) is 111 Å². The molecule has 442 valence electrons. The lowest BCUT2D eigenvalue weighted by Gasteiger charge is -2.41. The zero-order chi connectivity index (χ0) is 60.0. The van der Waals surface area contributed by atoms with Gasteiger partial charge in [-0.25, -0.2) is 5.43 Å². The molecule has 20 heteroatoms. The highest BCUT2D eigenvalue weighted by molar-refractivity contribution is 7.59. The molecule has 1 N–H and O–H groups in total. The van der Waals surface area contributed by atoms with Crippen LogP contribution in [0.25, 0.3) is 0 Å². The number of hydrazone groups is 1. The van der Waals surface area contributed by atoms with Crippen molar-refractivity contribution in [3.63, 3.8) is 0 Å². The second kappa shape index (κ2) is 33.6. The van der Waals surface area contributed by atoms with Gasteiger partial charge in [0, 0.05) is 95.5 Å². The molecule has 19 nitrogen and oxygen atoms in total. The first-order chi connectivity index (χ1) is 37.8. The van der Waals surface area contributed by atoms with E-state index in [1.807, 2.05) is 95.8 Å². The SMILES string of the molecule is CC[C@H](C)[C@@H]([C@@H](CC(=O)N1CCC[C@H]1[C@H](OC)[C@@H](C)C(=O)C[C@H](C)C(=NNC(=O)c1ccc(CC(=O)CCCCCN2C(=O)C=CC2=O)cc1)c1ccccc1)OC)N(C)C(=O)[C@@H](CC(=O)[C@H](C(C)C)N(C)C)C(C)C.O=S(=O)=O. The van der Waals surface area contributed by atoms with E-state index in [0.717, 1.165) is 24.0 Å². The highest BCUT2D eigenvalue weighted by atomic mass is 32.2. The molecule has 2 heterocycles. The summed E-state index contributed by atoms with van der Waals surface area (Å²) >= 11 is 0. The first-order valence-electron chi connectivity index (χ1n) is 28.0. The number of rotatable bonds is 32. The van der Waals surface area contributed by atoms with Crippen molar-refractivity contribution in [2.45, 2.75) is 156 Å². The predicted octanol–water partition coefficient (Wildman–Crippen LogP) is 6.75. The van der Waals surface area contributed by atoms with Crippen LogP contribution in [0.15, 0.2) is 71.9 Å². The number of hydrogen-bond donors (Lipinski definition) is 1. The molecule has 80 heavy (non-hydrogen) atoms. The van der Waals surface area contributed by atoms with Crippen molar-refractivity contribution in [2.24, 2.45) is 40.6 Å². The quantitative estimate of drug-likeness (QED) is 0.0345. The highest BCUT2D eigenvalue weighted by Crippen LogP contribution is 2.32. The van der Waals surface area contributed by atoms with E-state index in [-0.39, 0.29) is 96.5 Å². The molecule has 9 atom stereocenters. The summed E-state index contributed by atoms with van der Waals surface area (Å²) in [4.78, 5) is 113. The average Bonchev–Trinajstić information content (AvgIpc) is 4.02. The molecule has 1 fully saturated rings. The van der Waals surface area contributed by atoms with Gasteiger partial charge in [-0.15, -0.1) is 12.6 Å². The van der Waals surface area contributed by atoms with Crippen molar-refractivity contribution in [2.75, 3.05) is 48.5 Å². The van der Waals surface area contributed by atoms with Crippen LogP contribution >= 0.6 is 0 Å². The van der Waals surface area contributed by atoms with Gasteiger partial charge in [0.25, 0.3) is 17.7 Å². The molecule has 0 bridgehead atoms. The van der Waals surface area contributed by atoms with Gasteiger partial charge in [-0.05, 0) is 80.8 Å². The molecule has 0 radical (unpaired) electrons. The Morgan fingerprint density at radius 2 is 1.38 bits per heavy atom. The van der Waals surface area contributed by atoms with Crippen molar-refractivity contribution in [3.8, 4) is 0 Å². The van der Waals surface area contributed by atoms with Crippen LogP contribution in [0.4, 0.5) is 0 Å². The largest absolute Gasteiger partial charge is 0.425 e. The van der Waals surface area contributed by atoms with Crippen LogP contribution in [0.3, 0.4) is 0 Å². The summed E-state index contributed by atoms with van der Waals surface area (Å²) in [7, 11) is 5.57. The van der Waals surface area contributed by atoms with Crippen molar-refractivity contribution in [3.05, 3.63) is 83.4 Å². The molecule has 1 saturated heterocycles. The molecular weight excluding hydrogens is 1040 g/mol. The number of unbranched alkanes of at least 4 members (excludes halogenated alkanes) is 2. The van der Waals surface area contributed by atoms with E-state index in [1.54, 1.807) is 50.4 Å². The van der Waals surface area contributed by atoms with Gasteiger partial charge >= 0.3 is 10.6 Å². The first-order valence-corrected chi connectivity index (χ1v) is 29.0. The molecule has 0 aliphatic carbocycles. The number of hydrogen-bond acceptors (Lipinski definition) is 15. The lowest BCUT2D eigenvalue weighted by Crippen LogP contribution is -2.54. The standard InChI is InChI=1S/C60H88N6O10.O3S/c1-14-40(6)57(64(11)60(74)47(38(2)3)36-50(69)56(39(4)5)63(9)10)51(75-12)37-54(72)65-33-21-25-48(65)58(76-13)42(8)49(68)34-41(7)55(44-22-17-15-18-23-44)61-62-59(73)45-28-26-43(27-29-45)35-46(67)24-19-16-20-32-66-52(70)30-31-53(66)71;1-4(2)3/h15,17-18,22-23,26-31,38-42,47-48,51,56-58H,14,16,19-21,24-25,32-37H2,1-13H3,(H,62,73);/t40-,41-,42-,47-,48-,51+,56-,57-,58+;/m0./s1. The van der Waals surface area contributed by atoms with E-state index in [0.29, 0.717) is 56.5 Å². The van der Waals surface area contributed by atoms with Gasteiger partial charge in [0.1, 0.15) is 11.6 Å². The van der Waals surface area contributed by atoms with Gasteiger partial charge in [0.2, 0.25) is 11.8 Å². The Kier molecular flexibility index (Phi) is 28.6. The maximum Gasteiger partial charge on any atom is 0.425 e. The lowest BCUT2D eigenvalue weighted by molar-refractivity contribution is -0.149. The highest BCUT2D eigenvalue weighted by Gasteiger charge is 2.43. The number of carbonyl (C=O) groups is 8. The number of imide groups is 1. The fraction of sp³-hybridized carbons (Fsp3) is 0.617. The number of likely N-dealkylation sites (tertiary alicyclic amines) is 1. The number of likely N-dealkylation sites (N-methyl/N-ethyl adjacent to an activating group) is 2. The van der Waals surface area contributed by atoms with E-state index < -0.39 is 52.5 Å². The molecule has 2 aliphatic rings. The number of nitrogens with zero attached hydrogens (tertiary/aromatic N) is 5. The van der Waals surface area contributed by atoms with Crippen LogP contribution in [0.2, 0.25) is 0 Å². The van der Waals surface area contributed by atoms with Gasteiger partial charge in [-0.2, -0.15) is 5.10 Å². The van der Waals surface area contributed by atoms with E-state index >= 15 is 0 Å². The Morgan fingerprint density at radius 1 is 0.762 bits per heavy atom.